The molecule has 0 saturated carbocycles. The maximum atomic E-state index is 11.8. The van der Waals surface area contributed by atoms with Crippen LogP contribution in [-0.2, 0) is 16.6 Å². The number of aliphatic hydroxyl groups is 1. The number of ether oxygens (including phenoxy) is 1. The van der Waals surface area contributed by atoms with E-state index in [9.17, 15) is 9.90 Å². The number of benzene rings is 2. The molecule has 1 aromatic heterocycles. The minimum Gasteiger partial charge on any atom is -0.458 e. The number of carbonyl (C=O) groups is 1. The molecule has 1 N–H and O–H groups in total. The van der Waals surface area contributed by atoms with Crippen LogP contribution in [0.1, 0.15) is 29.8 Å². The maximum Gasteiger partial charge on any atom is 0.309 e. The zero-order chi connectivity index (χ0) is 22.7. The van der Waals surface area contributed by atoms with Gasteiger partial charge in [-0.15, -0.1) is 5.10 Å². The molecule has 0 unspecified atom stereocenters. The van der Waals surface area contributed by atoms with Crippen LogP contribution in [0.3, 0.4) is 0 Å². The van der Waals surface area contributed by atoms with Gasteiger partial charge in [-0.05, 0) is 28.6 Å². The summed E-state index contributed by atoms with van der Waals surface area (Å²) < 4.78 is 6.91. The van der Waals surface area contributed by atoms with Crippen LogP contribution in [0, 0.1) is 0 Å². The fourth-order valence-corrected chi connectivity index (χ4v) is 4.08. The van der Waals surface area contributed by atoms with Gasteiger partial charge in [0.2, 0.25) is 0 Å². The lowest BCUT2D eigenvalue weighted by atomic mass is 9.91. The highest BCUT2D eigenvalue weighted by molar-refractivity contribution is 6.35. The predicted octanol–water partition coefficient (Wildman–Crippen LogP) is 4.10. The van der Waals surface area contributed by atoms with Crippen LogP contribution >= 0.6 is 23.2 Å². The van der Waals surface area contributed by atoms with Crippen molar-refractivity contribution in [2.75, 3.05) is 0 Å². The van der Waals surface area contributed by atoms with E-state index in [-0.39, 0.29) is 6.42 Å². The molecule has 7 nitrogen and oxygen atoms in total. The van der Waals surface area contributed by atoms with E-state index in [1.165, 1.54) is 4.68 Å². The highest BCUT2D eigenvalue weighted by Gasteiger charge is 2.26. The van der Waals surface area contributed by atoms with Crippen molar-refractivity contribution in [3.8, 4) is 0 Å². The number of allylic oxidation sites excluding steroid dienone is 2. The van der Waals surface area contributed by atoms with Gasteiger partial charge >= 0.3 is 5.97 Å². The normalized spacial score (nSPS) is 18.6. The lowest BCUT2D eigenvalue weighted by Gasteiger charge is -2.23. The number of rotatable bonds is 5. The van der Waals surface area contributed by atoms with E-state index in [1.807, 2.05) is 36.4 Å². The van der Waals surface area contributed by atoms with Crippen molar-refractivity contribution in [1.29, 1.82) is 0 Å². The second kappa shape index (κ2) is 9.65. The zero-order valence-corrected chi connectivity index (χ0v) is 18.7. The standard InChI is InChI=1S/C23H20Cl2N4O3/c1-29-23(26-27-28-29)18(11-10-15-12-14(30)13-21(31)32-15)22(16-6-2-4-8-19(16)24)17-7-3-5-9-20(17)25/h2-11,14-15,30H,12-13H2,1H3/b11-10+/t14-,15-/m1/s1. The minimum atomic E-state index is -0.749. The van der Waals surface area contributed by atoms with Gasteiger partial charge in [0, 0.05) is 45.8 Å². The summed E-state index contributed by atoms with van der Waals surface area (Å²) >= 11 is 13.2. The Balaban J connectivity index is 1.96. The second-order valence-electron chi connectivity index (χ2n) is 7.36. The summed E-state index contributed by atoms with van der Waals surface area (Å²) in [6, 6.07) is 14.8. The smallest absolute Gasteiger partial charge is 0.309 e. The fourth-order valence-electron chi connectivity index (χ4n) is 3.62. The Bertz CT molecular complexity index is 1160. The number of aromatic nitrogens is 4. The molecule has 0 amide bonds. The summed E-state index contributed by atoms with van der Waals surface area (Å²) in [7, 11) is 1.73. The summed E-state index contributed by atoms with van der Waals surface area (Å²) in [5.41, 5.74) is 2.84. The van der Waals surface area contributed by atoms with Crippen LogP contribution < -0.4 is 0 Å². The van der Waals surface area contributed by atoms with E-state index < -0.39 is 18.2 Å². The highest BCUT2D eigenvalue weighted by atomic mass is 35.5. The molecule has 0 aliphatic carbocycles. The monoisotopic (exact) mass is 470 g/mol. The minimum absolute atomic E-state index is 0.00919. The highest BCUT2D eigenvalue weighted by Crippen LogP contribution is 2.38. The van der Waals surface area contributed by atoms with Crippen molar-refractivity contribution in [2.45, 2.75) is 25.0 Å². The van der Waals surface area contributed by atoms with Crippen molar-refractivity contribution < 1.29 is 14.6 Å². The molecule has 164 valence electrons. The van der Waals surface area contributed by atoms with E-state index >= 15 is 0 Å². The molecule has 2 atom stereocenters. The van der Waals surface area contributed by atoms with E-state index in [0.29, 0.717) is 27.9 Å². The lowest BCUT2D eigenvalue weighted by molar-refractivity contribution is -0.156. The van der Waals surface area contributed by atoms with Gasteiger partial charge in [0.1, 0.15) is 6.10 Å². The summed E-state index contributed by atoms with van der Waals surface area (Å²) in [4.78, 5) is 11.8. The van der Waals surface area contributed by atoms with E-state index in [1.54, 1.807) is 31.3 Å². The van der Waals surface area contributed by atoms with Crippen molar-refractivity contribution in [1.82, 2.24) is 20.2 Å². The summed E-state index contributed by atoms with van der Waals surface area (Å²) in [5, 5.41) is 23.0. The van der Waals surface area contributed by atoms with Gasteiger partial charge < -0.3 is 9.84 Å². The number of hydrogen-bond acceptors (Lipinski definition) is 6. The first-order valence-electron chi connectivity index (χ1n) is 9.96. The van der Waals surface area contributed by atoms with Crippen LogP contribution in [0.4, 0.5) is 0 Å². The Morgan fingerprint density at radius 1 is 1.12 bits per heavy atom. The van der Waals surface area contributed by atoms with Gasteiger partial charge in [-0.1, -0.05) is 65.7 Å². The van der Waals surface area contributed by atoms with Gasteiger partial charge in [-0.2, -0.15) is 0 Å². The Labute approximate surface area is 194 Å². The number of tetrazole rings is 1. The van der Waals surface area contributed by atoms with Gasteiger partial charge in [-0.25, -0.2) is 4.68 Å². The molecule has 0 bridgehead atoms. The first kappa shape index (κ1) is 22.2. The molecule has 2 heterocycles. The number of halogens is 2. The number of nitrogens with zero attached hydrogens (tertiary/aromatic N) is 4. The van der Waals surface area contributed by atoms with Gasteiger partial charge in [-0.3, -0.25) is 4.79 Å². The maximum absolute atomic E-state index is 11.8. The van der Waals surface area contributed by atoms with Crippen molar-refractivity contribution in [3.63, 3.8) is 0 Å². The number of esters is 1. The van der Waals surface area contributed by atoms with E-state index in [0.717, 1.165) is 16.7 Å². The van der Waals surface area contributed by atoms with Crippen molar-refractivity contribution in [3.05, 3.63) is 87.7 Å². The largest absolute Gasteiger partial charge is 0.458 e. The topological polar surface area (TPSA) is 90.1 Å². The molecular formula is C23H20Cl2N4O3. The third kappa shape index (κ3) is 4.75. The first-order valence-corrected chi connectivity index (χ1v) is 10.7. The average molecular weight is 471 g/mol. The number of aliphatic hydroxyl groups excluding tert-OH is 1. The van der Waals surface area contributed by atoms with Crippen LogP contribution in [0.5, 0.6) is 0 Å². The third-order valence-electron chi connectivity index (χ3n) is 5.08. The Kier molecular flexibility index (Phi) is 6.69. The number of carbonyl (C=O) groups excluding carboxylic acids is 1. The molecule has 32 heavy (non-hydrogen) atoms. The van der Waals surface area contributed by atoms with Crippen molar-refractivity contribution >= 4 is 40.3 Å². The van der Waals surface area contributed by atoms with Gasteiger partial charge in [0.15, 0.2) is 5.82 Å². The summed E-state index contributed by atoms with van der Waals surface area (Å²) in [6.07, 6.45) is 2.47. The third-order valence-corrected chi connectivity index (χ3v) is 5.74. The van der Waals surface area contributed by atoms with Crippen LogP contribution in [-0.4, -0.2) is 43.5 Å². The number of hydrogen-bond donors (Lipinski definition) is 1. The quantitative estimate of drug-likeness (QED) is 0.445. The van der Waals surface area contributed by atoms with E-state index in [2.05, 4.69) is 15.5 Å². The molecule has 3 aromatic rings. The van der Waals surface area contributed by atoms with Gasteiger partial charge in [0.25, 0.3) is 0 Å². The van der Waals surface area contributed by atoms with Crippen LogP contribution in [0.2, 0.25) is 10.0 Å². The molecular weight excluding hydrogens is 451 g/mol. The Hall–Kier alpha value is -3.00. The molecule has 1 aliphatic heterocycles. The molecule has 4 rings (SSSR count). The predicted molar refractivity (Wildman–Crippen MR) is 122 cm³/mol. The number of aryl methyl sites for hydroxylation is 1. The average Bonchev–Trinajstić information content (AvgIpc) is 3.18. The first-order chi connectivity index (χ1) is 15.4. The molecule has 0 spiro atoms. The molecule has 1 fully saturated rings. The molecule has 2 aromatic carbocycles. The lowest BCUT2D eigenvalue weighted by Crippen LogP contribution is -2.31. The zero-order valence-electron chi connectivity index (χ0n) is 17.2. The molecule has 9 heteroatoms. The Morgan fingerprint density at radius 3 is 2.28 bits per heavy atom. The number of cyclic esters (lactones) is 1. The summed E-state index contributed by atoms with van der Waals surface area (Å²) in [5.74, 6) is 0.0282. The van der Waals surface area contributed by atoms with Crippen molar-refractivity contribution in [2.24, 2.45) is 7.05 Å². The summed E-state index contributed by atoms with van der Waals surface area (Å²) in [6.45, 7) is 0. The SMILES string of the molecule is Cn1nnnc1C(/C=C/[C@@H]1C[C@@H](O)CC(=O)O1)=C(c1ccccc1Cl)c1ccccc1Cl. The van der Waals surface area contributed by atoms with Gasteiger partial charge in [0.05, 0.1) is 12.5 Å². The molecule has 0 radical (unpaired) electrons. The Morgan fingerprint density at radius 2 is 1.75 bits per heavy atom. The fraction of sp³-hybridized carbons (Fsp3) is 0.217. The van der Waals surface area contributed by atoms with Crippen LogP contribution in [0.15, 0.2) is 60.7 Å². The molecule has 1 saturated heterocycles. The van der Waals surface area contributed by atoms with Crippen LogP contribution in [0.25, 0.3) is 11.1 Å². The molecule has 1 aliphatic rings. The van der Waals surface area contributed by atoms with E-state index in [4.69, 9.17) is 27.9 Å². The second-order valence-corrected chi connectivity index (χ2v) is 8.17.